The fraction of sp³-hybridized carbons (Fsp3) is 0.508. The monoisotopic (exact) mass is 1320 g/mol. The Bertz CT molecular complexity index is 3520. The molecule has 1 saturated heterocycles. The van der Waals surface area contributed by atoms with Gasteiger partial charge in [-0.2, -0.15) is 0 Å². The Morgan fingerprint density at radius 1 is 0.560 bits per heavy atom. The lowest BCUT2D eigenvalue weighted by atomic mass is 10.0. The number of ether oxygens (including phenoxy) is 3. The lowest BCUT2D eigenvalue weighted by Gasteiger charge is -2.26. The smallest absolute Gasteiger partial charge is 0.407 e. The maximum atomic E-state index is 13.5. The fourth-order valence-corrected chi connectivity index (χ4v) is 12.1. The first kappa shape index (κ1) is 73.4. The maximum Gasteiger partial charge on any atom is 0.407 e. The van der Waals surface area contributed by atoms with Gasteiger partial charge in [-0.05, 0) is 157 Å². The molecule has 3 unspecified atom stereocenters. The summed E-state index contributed by atoms with van der Waals surface area (Å²) >= 11 is 0. The Kier molecular flexibility index (Phi) is 27.2. The Morgan fingerprint density at radius 2 is 0.978 bits per heavy atom. The number of benzene rings is 2. The van der Waals surface area contributed by atoms with Crippen LogP contribution in [0, 0.1) is 11.8 Å². The predicted molar refractivity (Wildman–Crippen MR) is 356 cm³/mol. The van der Waals surface area contributed by atoms with E-state index in [1.165, 1.54) is 26.1 Å². The Balaban J connectivity index is 1.32. The van der Waals surface area contributed by atoms with E-state index < -0.39 is 45.7 Å². The number of hydrogen-bond acceptors (Lipinski definition) is 17. The quantitative estimate of drug-likeness (QED) is 0.0149. The summed E-state index contributed by atoms with van der Waals surface area (Å²) in [5, 5.41) is 21.0. The van der Waals surface area contributed by atoms with Gasteiger partial charge in [0.05, 0.1) is 41.7 Å². The summed E-state index contributed by atoms with van der Waals surface area (Å²) in [6, 6.07) is 22.0. The molecule has 0 radical (unpaired) electrons. The Labute approximate surface area is 535 Å². The van der Waals surface area contributed by atoms with Crippen molar-refractivity contribution in [1.82, 2.24) is 35.0 Å². The van der Waals surface area contributed by atoms with Gasteiger partial charge in [-0.15, -0.1) is 0 Å². The van der Waals surface area contributed by atoms with Gasteiger partial charge in [0.1, 0.15) is 33.4 Å². The fourth-order valence-electron chi connectivity index (χ4n) is 9.96. The molecule has 26 heteroatoms. The number of alkyl carbamates (subject to hydrolysis) is 1. The molecule has 23 nitrogen and oxygen atoms in total. The standard InChI is InChI=1S/C65H92N9O14P3/c1-11-70(6)55-39-47(23-25-57(55)86-34-14-17-62(75)76)19-21-50-37-53(68-60(42-50)90(9,82)83)45-73-30-28-72(44-52-36-49(41-59(67-52)89(8,80)81)16-13-27-66-64(79)88-65(3,4)5)29-31-74(33-32-73)46-54-38-51(43-61(69-54)91(10,84)85)22-20-48-24-26-58(56(40-48)71(7)12-2)87-35-15-18-63(77)78/h23-26,36-43H,11-19,21,27-35,44-46H2,1-10H3,(H,66,79)(H,75,76)(H,77,78)(H,80,81)(H,82,83)(H,84,85). The van der Waals surface area contributed by atoms with Crippen LogP contribution in [0.4, 0.5) is 16.2 Å². The van der Waals surface area contributed by atoms with E-state index in [9.17, 15) is 42.8 Å². The number of aliphatic carboxylic acids is 2. The molecule has 5 aromatic rings. The van der Waals surface area contributed by atoms with Crippen molar-refractivity contribution < 1.29 is 67.2 Å². The molecule has 1 aliphatic heterocycles. The Morgan fingerprint density at radius 3 is 1.43 bits per heavy atom. The molecule has 0 aliphatic carbocycles. The van der Waals surface area contributed by atoms with E-state index in [2.05, 4.69) is 42.8 Å². The zero-order valence-electron chi connectivity index (χ0n) is 54.3. The molecule has 1 aliphatic rings. The van der Waals surface area contributed by atoms with Gasteiger partial charge in [0, 0.05) is 137 Å². The number of aryl methyl sites for hydroxylation is 3. The van der Waals surface area contributed by atoms with Crippen molar-refractivity contribution in [2.45, 2.75) is 111 Å². The number of carboxylic acids is 2. The van der Waals surface area contributed by atoms with Gasteiger partial charge in [-0.3, -0.25) is 38.0 Å². The molecule has 0 saturated carbocycles. The minimum atomic E-state index is -3.90. The highest BCUT2D eigenvalue weighted by Gasteiger charge is 2.26. The molecule has 3 atom stereocenters. The van der Waals surface area contributed by atoms with Crippen molar-refractivity contribution in [2.75, 3.05) is 116 Å². The molecular weight excluding hydrogens is 1220 g/mol. The molecule has 6 N–H and O–H groups in total. The normalized spacial score (nSPS) is 15.5. The van der Waals surface area contributed by atoms with Crippen molar-refractivity contribution >= 4 is 67.8 Å². The van der Waals surface area contributed by atoms with Crippen molar-refractivity contribution in [3.05, 3.63) is 118 Å². The van der Waals surface area contributed by atoms with E-state index in [1.54, 1.807) is 39.0 Å². The molecule has 1 fully saturated rings. The van der Waals surface area contributed by atoms with E-state index in [4.69, 9.17) is 39.4 Å². The highest BCUT2D eigenvalue weighted by Crippen LogP contribution is 2.36. The second-order valence-electron chi connectivity index (χ2n) is 24.3. The van der Waals surface area contributed by atoms with Crippen LogP contribution in [0.2, 0.25) is 0 Å². The third-order valence-electron chi connectivity index (χ3n) is 15.0. The van der Waals surface area contributed by atoms with Crippen LogP contribution in [0.1, 0.15) is 112 Å². The molecule has 0 bridgehead atoms. The first-order chi connectivity index (χ1) is 42.8. The average Bonchev–Trinajstić information content (AvgIpc) is 1.73. The number of nitrogens with zero attached hydrogens (tertiary/aromatic N) is 8. The molecule has 91 heavy (non-hydrogen) atoms. The molecular formula is C65H92N9O14P3. The van der Waals surface area contributed by atoms with E-state index in [0.29, 0.717) is 150 Å². The van der Waals surface area contributed by atoms with Gasteiger partial charge in [-0.25, -0.2) is 19.7 Å². The molecule has 4 heterocycles. The zero-order chi connectivity index (χ0) is 66.7. The summed E-state index contributed by atoms with van der Waals surface area (Å²) < 4.78 is 57.6. The number of carbonyl (C=O) groups excluding carboxylic acids is 1. The third kappa shape index (κ3) is 25.0. The minimum Gasteiger partial charge on any atom is -0.491 e. The van der Waals surface area contributed by atoms with Crippen LogP contribution in [0.5, 0.6) is 11.5 Å². The van der Waals surface area contributed by atoms with Crippen LogP contribution in [0.3, 0.4) is 0 Å². The highest BCUT2D eigenvalue weighted by atomic mass is 31.2. The molecule has 6 rings (SSSR count). The summed E-state index contributed by atoms with van der Waals surface area (Å²) in [6.45, 7) is 19.3. The average molecular weight is 1320 g/mol. The molecule has 1 amide bonds. The van der Waals surface area contributed by atoms with Gasteiger partial charge in [0.25, 0.3) is 0 Å². The zero-order valence-corrected chi connectivity index (χ0v) is 57.0. The van der Waals surface area contributed by atoms with Crippen molar-refractivity contribution in [3.63, 3.8) is 0 Å². The lowest BCUT2D eigenvalue weighted by Crippen LogP contribution is -2.36. The molecule has 2 aromatic carbocycles. The predicted octanol–water partition coefficient (Wildman–Crippen LogP) is 7.31. The largest absolute Gasteiger partial charge is 0.491 e. The van der Waals surface area contributed by atoms with Gasteiger partial charge >= 0.3 is 18.0 Å². The summed E-state index contributed by atoms with van der Waals surface area (Å²) in [7, 11) is -7.70. The highest BCUT2D eigenvalue weighted by molar-refractivity contribution is 7.65. The molecule has 496 valence electrons. The van der Waals surface area contributed by atoms with E-state index >= 15 is 0 Å². The summed E-state index contributed by atoms with van der Waals surface area (Å²) in [4.78, 5) is 92.6. The topological polar surface area (TPSA) is 298 Å². The van der Waals surface area contributed by atoms with Crippen LogP contribution < -0.4 is 40.9 Å². The van der Waals surface area contributed by atoms with Crippen LogP contribution in [-0.2, 0) is 66.9 Å². The summed E-state index contributed by atoms with van der Waals surface area (Å²) in [5.41, 5.74) is 6.60. The van der Waals surface area contributed by atoms with Crippen molar-refractivity contribution in [1.29, 1.82) is 0 Å². The molecule has 0 spiro atoms. The van der Waals surface area contributed by atoms with Crippen LogP contribution in [0.15, 0.2) is 72.8 Å². The van der Waals surface area contributed by atoms with Gasteiger partial charge in [0.15, 0.2) is 0 Å². The van der Waals surface area contributed by atoms with E-state index in [1.807, 2.05) is 75.3 Å². The Hall–Kier alpha value is -6.69. The SMILES string of the molecule is CCN(C)c1cc(C#Cc2cc(CN3CCN(Cc4cc(CCCNC(=O)OC(C)(C)C)cc(P(C)(=O)O)n4)CCN(Cc4cc(CCc5ccc(OCCCC(=O)O)c(N(C)CC)c5)cc(P(C)(=O)O)n4)CC3)nc(P(C)(=O)O)c2)ccc1OCCCC(=O)O. The first-order valence-corrected chi connectivity index (χ1v) is 37.1. The van der Waals surface area contributed by atoms with Crippen LogP contribution in [-0.4, -0.2) is 184 Å². The minimum absolute atomic E-state index is 0.00130. The third-order valence-corrected chi connectivity index (χ3v) is 18.3. The van der Waals surface area contributed by atoms with Crippen molar-refractivity contribution in [2.24, 2.45) is 0 Å². The summed E-state index contributed by atoms with van der Waals surface area (Å²) in [5.74, 6) is 5.90. The van der Waals surface area contributed by atoms with E-state index in [-0.39, 0.29) is 48.9 Å². The van der Waals surface area contributed by atoms with Crippen LogP contribution in [0.25, 0.3) is 0 Å². The maximum absolute atomic E-state index is 13.5. The van der Waals surface area contributed by atoms with Gasteiger partial charge < -0.3 is 54.2 Å². The summed E-state index contributed by atoms with van der Waals surface area (Å²) in [6.07, 6.45) is 2.30. The van der Waals surface area contributed by atoms with Crippen LogP contribution >= 0.6 is 22.1 Å². The number of rotatable bonds is 30. The second-order valence-corrected chi connectivity index (χ2v) is 31.0. The first-order valence-electron chi connectivity index (χ1n) is 30.8. The number of carboxylic acid groups (broad SMARTS) is 2. The van der Waals surface area contributed by atoms with E-state index in [0.717, 1.165) is 28.1 Å². The second kappa shape index (κ2) is 33.8. The van der Waals surface area contributed by atoms with Crippen molar-refractivity contribution in [3.8, 4) is 23.3 Å². The number of hydrogen-bond donors (Lipinski definition) is 6. The van der Waals surface area contributed by atoms with Gasteiger partial charge in [-0.1, -0.05) is 17.9 Å². The molecule has 3 aromatic heterocycles. The number of amides is 1. The number of anilines is 2. The number of pyridine rings is 3. The number of aromatic nitrogens is 3. The van der Waals surface area contributed by atoms with Gasteiger partial charge in [0.2, 0.25) is 22.1 Å². The lowest BCUT2D eigenvalue weighted by molar-refractivity contribution is -0.138. The number of carbonyl (C=O) groups is 3. The number of nitrogens with one attached hydrogen (secondary N) is 1.